The van der Waals surface area contributed by atoms with Gasteiger partial charge in [-0.05, 0) is 43.7 Å². The lowest BCUT2D eigenvalue weighted by atomic mass is 10.2. The van der Waals surface area contributed by atoms with Crippen LogP contribution in [-0.4, -0.2) is 39.4 Å². The highest BCUT2D eigenvalue weighted by atomic mass is 32.2. The van der Waals surface area contributed by atoms with Gasteiger partial charge in [0.05, 0.1) is 24.8 Å². The number of nitrogens with one attached hydrogen (secondary N) is 1. The minimum Gasteiger partial charge on any atom is -0.494 e. The molecule has 1 amide bonds. The molecule has 0 bridgehead atoms. The molecule has 0 aliphatic rings. The summed E-state index contributed by atoms with van der Waals surface area (Å²) < 4.78 is 30.9. The Morgan fingerprint density at radius 2 is 1.81 bits per heavy atom. The second kappa shape index (κ2) is 9.18. The number of hydrogen-bond acceptors (Lipinski definition) is 5. The van der Waals surface area contributed by atoms with Gasteiger partial charge in [0.15, 0.2) is 0 Å². The van der Waals surface area contributed by atoms with Gasteiger partial charge in [0.1, 0.15) is 11.8 Å². The molecule has 1 unspecified atom stereocenters. The summed E-state index contributed by atoms with van der Waals surface area (Å²) in [6, 6.07) is 14.8. The molecule has 27 heavy (non-hydrogen) atoms. The number of hydrazone groups is 1. The van der Waals surface area contributed by atoms with Crippen molar-refractivity contribution in [2.24, 2.45) is 5.10 Å². The Morgan fingerprint density at radius 3 is 2.37 bits per heavy atom. The Balaban J connectivity index is 2.15. The van der Waals surface area contributed by atoms with Gasteiger partial charge >= 0.3 is 0 Å². The molecule has 0 saturated carbocycles. The van der Waals surface area contributed by atoms with E-state index < -0.39 is 22.0 Å². The highest BCUT2D eigenvalue weighted by molar-refractivity contribution is 7.92. The third kappa shape index (κ3) is 5.82. The molecule has 7 nitrogen and oxygen atoms in total. The van der Waals surface area contributed by atoms with Gasteiger partial charge in [0, 0.05) is 0 Å². The Morgan fingerprint density at radius 1 is 1.19 bits per heavy atom. The van der Waals surface area contributed by atoms with Crippen LogP contribution >= 0.6 is 0 Å². The largest absolute Gasteiger partial charge is 0.494 e. The lowest BCUT2D eigenvalue weighted by molar-refractivity contribution is -0.121. The summed E-state index contributed by atoms with van der Waals surface area (Å²) in [7, 11) is -3.68. The third-order valence-corrected chi connectivity index (χ3v) is 4.92. The number of rotatable bonds is 8. The number of anilines is 1. The van der Waals surface area contributed by atoms with Crippen molar-refractivity contribution in [3.8, 4) is 5.75 Å². The van der Waals surface area contributed by atoms with E-state index in [1.807, 2.05) is 37.3 Å². The maximum atomic E-state index is 12.4. The topological polar surface area (TPSA) is 88.1 Å². The SMILES string of the molecule is CCOc1ccc(N(C(C)C(=O)N/N=C/c2ccccc2)S(C)(=O)=O)cc1. The van der Waals surface area contributed by atoms with Crippen molar-refractivity contribution in [1.29, 1.82) is 0 Å². The first-order valence-corrected chi connectivity index (χ1v) is 10.3. The number of carbonyl (C=O) groups excluding carboxylic acids is 1. The van der Waals surface area contributed by atoms with Gasteiger partial charge in [-0.3, -0.25) is 9.10 Å². The molecule has 1 N–H and O–H groups in total. The number of sulfonamides is 1. The molecule has 0 saturated heterocycles. The lowest BCUT2D eigenvalue weighted by Crippen LogP contribution is -2.46. The van der Waals surface area contributed by atoms with Gasteiger partial charge in [-0.2, -0.15) is 5.10 Å². The van der Waals surface area contributed by atoms with E-state index in [1.54, 1.807) is 24.3 Å². The summed E-state index contributed by atoms with van der Waals surface area (Å²) in [5, 5.41) is 3.89. The third-order valence-electron chi connectivity index (χ3n) is 3.68. The van der Waals surface area contributed by atoms with Crippen LogP contribution in [0.2, 0.25) is 0 Å². The zero-order chi connectivity index (χ0) is 19.9. The van der Waals surface area contributed by atoms with Crippen molar-refractivity contribution in [1.82, 2.24) is 5.43 Å². The predicted octanol–water partition coefficient (Wildman–Crippen LogP) is 2.39. The second-order valence-corrected chi connectivity index (χ2v) is 7.67. The number of carbonyl (C=O) groups is 1. The van der Waals surface area contributed by atoms with Crippen LogP contribution in [0.15, 0.2) is 59.7 Å². The molecule has 0 aliphatic carbocycles. The fraction of sp³-hybridized carbons (Fsp3) is 0.263. The van der Waals surface area contributed by atoms with Gasteiger partial charge in [-0.25, -0.2) is 13.8 Å². The molecule has 0 aliphatic heterocycles. The number of benzene rings is 2. The van der Waals surface area contributed by atoms with E-state index >= 15 is 0 Å². The molecular weight excluding hydrogens is 366 g/mol. The Bertz CT molecular complexity index is 881. The highest BCUT2D eigenvalue weighted by Crippen LogP contribution is 2.24. The standard InChI is InChI=1S/C19H23N3O4S/c1-4-26-18-12-10-17(11-13-18)22(27(3,24)25)15(2)19(23)21-20-14-16-8-6-5-7-9-16/h5-15H,4H2,1-3H3,(H,21,23)/b20-14+. The summed E-state index contributed by atoms with van der Waals surface area (Å²) in [5.41, 5.74) is 3.57. The lowest BCUT2D eigenvalue weighted by Gasteiger charge is -2.27. The molecule has 0 radical (unpaired) electrons. The summed E-state index contributed by atoms with van der Waals surface area (Å²) in [5.74, 6) is 0.0840. The van der Waals surface area contributed by atoms with E-state index in [2.05, 4.69) is 10.5 Å². The normalized spacial score (nSPS) is 12.6. The molecule has 0 heterocycles. The molecule has 8 heteroatoms. The monoisotopic (exact) mass is 389 g/mol. The molecule has 2 aromatic carbocycles. The van der Waals surface area contributed by atoms with E-state index in [0.717, 1.165) is 16.1 Å². The van der Waals surface area contributed by atoms with E-state index in [9.17, 15) is 13.2 Å². The summed E-state index contributed by atoms with van der Waals surface area (Å²) in [6.07, 6.45) is 2.55. The number of hydrogen-bond donors (Lipinski definition) is 1. The van der Waals surface area contributed by atoms with Crippen LogP contribution in [0.1, 0.15) is 19.4 Å². The van der Waals surface area contributed by atoms with Crippen molar-refractivity contribution in [2.45, 2.75) is 19.9 Å². The second-order valence-electron chi connectivity index (χ2n) is 5.81. The summed E-state index contributed by atoms with van der Waals surface area (Å²) in [4.78, 5) is 12.4. The van der Waals surface area contributed by atoms with Crippen LogP contribution in [0.5, 0.6) is 5.75 Å². The highest BCUT2D eigenvalue weighted by Gasteiger charge is 2.29. The fourth-order valence-electron chi connectivity index (χ4n) is 2.47. The first-order chi connectivity index (χ1) is 12.8. The van der Waals surface area contributed by atoms with Crippen LogP contribution in [0.3, 0.4) is 0 Å². The van der Waals surface area contributed by atoms with Gasteiger partial charge in [-0.1, -0.05) is 30.3 Å². The minimum absolute atomic E-state index is 0.371. The van der Waals surface area contributed by atoms with Gasteiger partial charge in [0.25, 0.3) is 5.91 Å². The van der Waals surface area contributed by atoms with Gasteiger partial charge < -0.3 is 4.74 Å². The van der Waals surface area contributed by atoms with E-state index in [0.29, 0.717) is 18.0 Å². The van der Waals surface area contributed by atoms with Crippen molar-refractivity contribution < 1.29 is 17.9 Å². The Labute approximate surface area is 159 Å². The molecule has 0 fully saturated rings. The van der Waals surface area contributed by atoms with Crippen LogP contribution in [0.25, 0.3) is 0 Å². The number of ether oxygens (including phenoxy) is 1. The molecule has 0 aromatic heterocycles. The predicted molar refractivity (Wildman–Crippen MR) is 107 cm³/mol. The quantitative estimate of drug-likeness (QED) is 0.555. The zero-order valence-corrected chi connectivity index (χ0v) is 16.3. The number of nitrogens with zero attached hydrogens (tertiary/aromatic N) is 2. The molecule has 2 aromatic rings. The van der Waals surface area contributed by atoms with Crippen molar-refractivity contribution in [3.63, 3.8) is 0 Å². The summed E-state index contributed by atoms with van der Waals surface area (Å²) >= 11 is 0. The first-order valence-electron chi connectivity index (χ1n) is 8.43. The van der Waals surface area contributed by atoms with Crippen LogP contribution in [-0.2, 0) is 14.8 Å². The Kier molecular flexibility index (Phi) is 6.95. The van der Waals surface area contributed by atoms with Crippen molar-refractivity contribution in [2.75, 3.05) is 17.2 Å². The van der Waals surface area contributed by atoms with Gasteiger partial charge in [-0.15, -0.1) is 0 Å². The van der Waals surface area contributed by atoms with Crippen molar-refractivity contribution in [3.05, 3.63) is 60.2 Å². The van der Waals surface area contributed by atoms with E-state index in [-0.39, 0.29) is 0 Å². The van der Waals surface area contributed by atoms with Crippen LogP contribution < -0.4 is 14.5 Å². The number of amides is 1. The Hall–Kier alpha value is -2.87. The van der Waals surface area contributed by atoms with E-state index in [1.165, 1.54) is 13.1 Å². The van der Waals surface area contributed by atoms with Crippen LogP contribution in [0.4, 0.5) is 5.69 Å². The van der Waals surface area contributed by atoms with E-state index in [4.69, 9.17) is 4.74 Å². The fourth-order valence-corrected chi connectivity index (χ4v) is 3.64. The maximum Gasteiger partial charge on any atom is 0.263 e. The molecule has 144 valence electrons. The van der Waals surface area contributed by atoms with Gasteiger partial charge in [0.2, 0.25) is 10.0 Å². The first kappa shape index (κ1) is 20.4. The average Bonchev–Trinajstić information content (AvgIpc) is 2.63. The molecule has 2 rings (SSSR count). The maximum absolute atomic E-state index is 12.4. The average molecular weight is 389 g/mol. The van der Waals surface area contributed by atoms with Crippen LogP contribution in [0, 0.1) is 0 Å². The smallest absolute Gasteiger partial charge is 0.263 e. The molecular formula is C19H23N3O4S. The molecule has 1 atom stereocenters. The summed E-state index contributed by atoms with van der Waals surface area (Å²) in [6.45, 7) is 3.87. The van der Waals surface area contributed by atoms with Crippen molar-refractivity contribution >= 4 is 27.8 Å². The molecule has 0 spiro atoms. The minimum atomic E-state index is -3.68. The zero-order valence-electron chi connectivity index (χ0n) is 15.5.